The van der Waals surface area contributed by atoms with Crippen LogP contribution in [0.15, 0.2) is 42.9 Å². The molecular weight excluding hydrogens is 496 g/mol. The number of imidazole rings is 1. The van der Waals surface area contributed by atoms with E-state index >= 15 is 0 Å². The minimum absolute atomic E-state index is 0.0151. The summed E-state index contributed by atoms with van der Waals surface area (Å²) in [5, 5.41) is 25.7. The van der Waals surface area contributed by atoms with Crippen LogP contribution in [0.3, 0.4) is 0 Å². The zero-order valence-corrected chi connectivity index (χ0v) is 21.2. The second-order valence-corrected chi connectivity index (χ2v) is 9.01. The Morgan fingerprint density at radius 1 is 0.947 bits per heavy atom. The number of aromatic nitrogens is 2. The predicted molar refractivity (Wildman–Crippen MR) is 136 cm³/mol. The van der Waals surface area contributed by atoms with Gasteiger partial charge in [-0.15, -0.1) is 0 Å². The molecule has 2 rings (SSSR count). The Bertz CT molecular complexity index is 1090. The van der Waals surface area contributed by atoms with Crippen molar-refractivity contribution in [3.05, 3.63) is 54.1 Å². The Morgan fingerprint density at radius 3 is 2.16 bits per heavy atom. The van der Waals surface area contributed by atoms with Crippen LogP contribution in [-0.4, -0.2) is 74.0 Å². The maximum Gasteiger partial charge on any atom is 0.326 e. The Balaban J connectivity index is 2.19. The number of carbonyl (C=O) groups excluding carboxylic acids is 3. The number of hydrogen-bond donors (Lipinski definition) is 7. The Kier molecular flexibility index (Phi) is 11.4. The number of amides is 3. The fourth-order valence-corrected chi connectivity index (χ4v) is 3.66. The average Bonchev–Trinajstić information content (AvgIpc) is 3.39. The molecule has 0 saturated carbocycles. The number of nitrogens with zero attached hydrogens (tertiary/aromatic N) is 1. The van der Waals surface area contributed by atoms with Crippen LogP contribution in [0.1, 0.15) is 37.9 Å². The van der Waals surface area contributed by atoms with Gasteiger partial charge in [-0.2, -0.15) is 0 Å². The van der Waals surface area contributed by atoms with E-state index in [4.69, 9.17) is 10.8 Å². The normalized spacial score (nSPS) is 14.8. The lowest BCUT2D eigenvalue weighted by Crippen LogP contribution is -2.59. The number of H-pyrrole nitrogens is 1. The Morgan fingerprint density at radius 2 is 1.61 bits per heavy atom. The number of carbonyl (C=O) groups is 5. The topological polar surface area (TPSA) is 217 Å². The van der Waals surface area contributed by atoms with E-state index in [9.17, 15) is 29.1 Å². The van der Waals surface area contributed by atoms with E-state index in [2.05, 4.69) is 25.9 Å². The summed E-state index contributed by atoms with van der Waals surface area (Å²) in [7, 11) is 0. The third kappa shape index (κ3) is 9.32. The van der Waals surface area contributed by atoms with Crippen LogP contribution in [0, 0.1) is 5.92 Å². The summed E-state index contributed by atoms with van der Waals surface area (Å²) in [6.07, 6.45) is 2.76. The van der Waals surface area contributed by atoms with Gasteiger partial charge in [0.25, 0.3) is 0 Å². The molecule has 0 bridgehead atoms. The molecule has 13 heteroatoms. The van der Waals surface area contributed by atoms with E-state index in [-0.39, 0.29) is 12.8 Å². The maximum atomic E-state index is 13.3. The van der Waals surface area contributed by atoms with Gasteiger partial charge in [0.2, 0.25) is 17.7 Å². The van der Waals surface area contributed by atoms with Crippen molar-refractivity contribution in [1.82, 2.24) is 25.9 Å². The molecule has 0 radical (unpaired) electrons. The highest BCUT2D eigenvalue weighted by molar-refractivity contribution is 5.95. The molecule has 0 aliphatic carbocycles. The van der Waals surface area contributed by atoms with Crippen molar-refractivity contribution >= 4 is 29.7 Å². The molecule has 0 aliphatic rings. The summed E-state index contributed by atoms with van der Waals surface area (Å²) < 4.78 is 0. The largest absolute Gasteiger partial charge is 0.481 e. The third-order valence-corrected chi connectivity index (χ3v) is 6.03. The molecule has 1 aromatic carbocycles. The minimum Gasteiger partial charge on any atom is -0.481 e. The second kappa shape index (κ2) is 14.5. The van der Waals surface area contributed by atoms with Crippen LogP contribution in [0.5, 0.6) is 0 Å². The summed E-state index contributed by atoms with van der Waals surface area (Å²) in [5.74, 6) is -5.51. The van der Waals surface area contributed by atoms with Gasteiger partial charge in [0.1, 0.15) is 18.1 Å². The molecule has 5 unspecified atom stereocenters. The van der Waals surface area contributed by atoms with Gasteiger partial charge in [-0.1, -0.05) is 50.6 Å². The van der Waals surface area contributed by atoms with Crippen molar-refractivity contribution in [3.8, 4) is 0 Å². The van der Waals surface area contributed by atoms with E-state index < -0.39 is 66.2 Å². The number of nitrogens with one attached hydrogen (secondary N) is 4. The SMILES string of the molecule is CCC(C)C(NC(=O)C(Cc1cnc[nH]1)NC(=O)C(N)Cc1ccccc1)C(=O)NC(CC(=O)O)C(=O)O. The predicted octanol–water partition coefficient (Wildman–Crippen LogP) is -0.418. The lowest BCUT2D eigenvalue weighted by Gasteiger charge is -2.28. The lowest BCUT2D eigenvalue weighted by atomic mass is 9.97. The van der Waals surface area contributed by atoms with Gasteiger partial charge < -0.3 is 36.9 Å². The van der Waals surface area contributed by atoms with Gasteiger partial charge in [0, 0.05) is 18.3 Å². The van der Waals surface area contributed by atoms with Crippen LogP contribution in [-0.2, 0) is 36.8 Å². The van der Waals surface area contributed by atoms with Crippen molar-refractivity contribution in [3.63, 3.8) is 0 Å². The van der Waals surface area contributed by atoms with Gasteiger partial charge in [-0.25, -0.2) is 9.78 Å². The van der Waals surface area contributed by atoms with Crippen LogP contribution in [0.2, 0.25) is 0 Å². The lowest BCUT2D eigenvalue weighted by molar-refractivity contribution is -0.147. The molecule has 0 saturated heterocycles. The number of hydrogen-bond acceptors (Lipinski definition) is 7. The molecule has 38 heavy (non-hydrogen) atoms. The van der Waals surface area contributed by atoms with Crippen molar-refractivity contribution in [2.45, 2.75) is 63.7 Å². The van der Waals surface area contributed by atoms with E-state index in [1.54, 1.807) is 13.8 Å². The minimum atomic E-state index is -1.68. The number of carboxylic acid groups (broad SMARTS) is 2. The zero-order chi connectivity index (χ0) is 28.2. The number of benzene rings is 1. The van der Waals surface area contributed by atoms with Gasteiger partial charge >= 0.3 is 11.9 Å². The average molecular weight is 531 g/mol. The highest BCUT2D eigenvalue weighted by Crippen LogP contribution is 2.11. The van der Waals surface area contributed by atoms with E-state index in [0.29, 0.717) is 12.1 Å². The molecule has 8 N–H and O–H groups in total. The molecule has 5 atom stereocenters. The van der Waals surface area contributed by atoms with Crippen molar-refractivity contribution in [2.24, 2.45) is 11.7 Å². The first-order valence-electron chi connectivity index (χ1n) is 12.1. The molecule has 1 heterocycles. The fourth-order valence-electron chi connectivity index (χ4n) is 3.66. The molecule has 2 aromatic rings. The van der Waals surface area contributed by atoms with E-state index in [0.717, 1.165) is 5.56 Å². The monoisotopic (exact) mass is 530 g/mol. The molecular formula is C25H34N6O7. The molecule has 13 nitrogen and oxygen atoms in total. The first kappa shape index (κ1) is 30.0. The van der Waals surface area contributed by atoms with Gasteiger partial charge in [-0.05, 0) is 17.9 Å². The number of carboxylic acids is 2. The number of rotatable bonds is 15. The quantitative estimate of drug-likeness (QED) is 0.159. The summed E-state index contributed by atoms with van der Waals surface area (Å²) in [5.41, 5.74) is 7.46. The van der Waals surface area contributed by atoms with Crippen molar-refractivity contribution < 1.29 is 34.2 Å². The highest BCUT2D eigenvalue weighted by Gasteiger charge is 2.33. The first-order chi connectivity index (χ1) is 18.0. The Hall–Kier alpha value is -4.26. The number of aliphatic carboxylic acids is 2. The van der Waals surface area contributed by atoms with Crippen LogP contribution in [0.4, 0.5) is 0 Å². The van der Waals surface area contributed by atoms with E-state index in [1.807, 2.05) is 30.3 Å². The van der Waals surface area contributed by atoms with Crippen LogP contribution >= 0.6 is 0 Å². The van der Waals surface area contributed by atoms with Gasteiger partial charge in [0.15, 0.2) is 0 Å². The fraction of sp³-hybridized carbons (Fsp3) is 0.440. The maximum absolute atomic E-state index is 13.3. The van der Waals surface area contributed by atoms with Crippen LogP contribution in [0.25, 0.3) is 0 Å². The number of aromatic amines is 1. The smallest absolute Gasteiger partial charge is 0.326 e. The molecule has 0 aliphatic heterocycles. The third-order valence-electron chi connectivity index (χ3n) is 6.03. The Labute approximate surface area is 219 Å². The summed E-state index contributed by atoms with van der Waals surface area (Å²) in [6, 6.07) is 4.16. The summed E-state index contributed by atoms with van der Waals surface area (Å²) >= 11 is 0. The summed E-state index contributed by atoms with van der Waals surface area (Å²) in [6.45, 7) is 3.45. The number of nitrogens with two attached hydrogens (primary N) is 1. The molecule has 0 spiro atoms. The molecule has 0 fully saturated rings. The standard InChI is InChI=1S/C25H34N6O7/c1-3-14(2)21(24(36)30-19(25(37)38)11-20(32)33)31-23(35)18(10-16-12-27-13-28-16)29-22(34)17(26)9-15-7-5-4-6-8-15/h4-8,12-14,17-19,21H,3,9-11,26H2,1-2H3,(H,27,28)(H,29,34)(H,30,36)(H,31,35)(H,32,33)(H,37,38). The summed E-state index contributed by atoms with van der Waals surface area (Å²) in [4.78, 5) is 68.4. The highest BCUT2D eigenvalue weighted by atomic mass is 16.4. The molecule has 3 amide bonds. The zero-order valence-electron chi connectivity index (χ0n) is 21.2. The van der Waals surface area contributed by atoms with Gasteiger partial charge in [0.05, 0.1) is 18.8 Å². The van der Waals surface area contributed by atoms with Crippen molar-refractivity contribution in [1.29, 1.82) is 0 Å². The first-order valence-corrected chi connectivity index (χ1v) is 12.1. The second-order valence-electron chi connectivity index (χ2n) is 9.01. The molecule has 206 valence electrons. The molecule has 1 aromatic heterocycles. The van der Waals surface area contributed by atoms with Crippen molar-refractivity contribution in [2.75, 3.05) is 0 Å². The van der Waals surface area contributed by atoms with E-state index in [1.165, 1.54) is 12.5 Å². The van der Waals surface area contributed by atoms with Gasteiger partial charge in [-0.3, -0.25) is 19.2 Å². The van der Waals surface area contributed by atoms with Crippen LogP contribution < -0.4 is 21.7 Å².